The fraction of sp³-hybridized carbons (Fsp3) is 0.610. The van der Waals surface area contributed by atoms with E-state index in [1.54, 1.807) is 0 Å². The number of unbranched alkanes of at least 4 members (excludes halogenated alkanes) is 14. The first-order valence-electron chi connectivity index (χ1n) is 26.0. The van der Waals surface area contributed by atoms with Crippen LogP contribution in [0.25, 0.3) is 0 Å². The predicted octanol–water partition coefficient (Wildman–Crippen LogP) is 17.3. The van der Waals surface area contributed by atoms with Crippen molar-refractivity contribution in [3.05, 3.63) is 122 Å². The van der Waals surface area contributed by atoms with Crippen LogP contribution >= 0.6 is 0 Å². The van der Waals surface area contributed by atoms with E-state index in [0.29, 0.717) is 19.3 Å². The predicted molar refractivity (Wildman–Crippen MR) is 279 cm³/mol. The maximum Gasteiger partial charge on any atom is 0.306 e. The van der Waals surface area contributed by atoms with Crippen LogP contribution in [0.2, 0.25) is 0 Å². The Balaban J connectivity index is 4.04. The topological polar surface area (TPSA) is 78.9 Å². The Morgan fingerprint density at radius 3 is 0.938 bits per heavy atom. The quantitative estimate of drug-likeness (QED) is 0.0262. The van der Waals surface area contributed by atoms with Crippen LogP contribution in [-0.2, 0) is 28.6 Å². The third-order valence-corrected chi connectivity index (χ3v) is 10.5. The smallest absolute Gasteiger partial charge is 0.306 e. The standard InChI is InChI=1S/C59H94O6/c1-4-7-10-13-16-17-18-19-20-21-22-23-24-25-26-27-28-29-30-31-32-33-34-35-36-37-38-39-40-41-42-43-44-47-49-52-58(61)64-55-56(65-59(62)53-50-46-15-12-9-6-3)54-63-57(60)51-48-45-14-11-8-5-2/h7,10,16-17,19-20,22-23,25-26,28-29,31-32,34-35,37-38,40-41,56H,4-6,8-9,11-15,18,21,24,27,30,33,36,39,42-55H2,1-3H3/b10-7-,17-16-,20-19-,23-22-,26-25-,29-28-,32-31-,35-34-,38-37-,41-40-. The average Bonchev–Trinajstić information content (AvgIpc) is 3.30. The van der Waals surface area contributed by atoms with Gasteiger partial charge in [0.25, 0.3) is 0 Å². The molecule has 65 heavy (non-hydrogen) atoms. The number of esters is 3. The molecule has 0 aromatic rings. The van der Waals surface area contributed by atoms with Crippen molar-refractivity contribution >= 4 is 17.9 Å². The molecule has 0 saturated carbocycles. The molecule has 0 spiro atoms. The summed E-state index contributed by atoms with van der Waals surface area (Å²) in [6.07, 6.45) is 72.5. The third-order valence-electron chi connectivity index (χ3n) is 10.5. The second-order valence-corrected chi connectivity index (χ2v) is 16.7. The summed E-state index contributed by atoms with van der Waals surface area (Å²) in [4.78, 5) is 37.4. The summed E-state index contributed by atoms with van der Waals surface area (Å²) in [6.45, 7) is 6.35. The SMILES string of the molecule is CC/C=C\C/C=C\C/C=C\C/C=C\C/C=C\C/C=C\C/C=C\C/C=C\C/C=C\C/C=C\CCCCCCC(=O)OCC(COC(=O)CCCCCCCC)OC(=O)CCCCCCCC. The number of carbonyl (C=O) groups excluding carboxylic acids is 3. The molecule has 1 atom stereocenters. The molecule has 0 saturated heterocycles. The molecule has 0 aromatic heterocycles. The molecule has 0 bridgehead atoms. The first-order valence-corrected chi connectivity index (χ1v) is 26.0. The van der Waals surface area contributed by atoms with Crippen LogP contribution in [0.3, 0.4) is 0 Å². The lowest BCUT2D eigenvalue weighted by Gasteiger charge is -2.18. The van der Waals surface area contributed by atoms with E-state index in [4.69, 9.17) is 14.2 Å². The molecule has 0 aliphatic rings. The Morgan fingerprint density at radius 1 is 0.323 bits per heavy atom. The van der Waals surface area contributed by atoms with Crippen LogP contribution in [0.5, 0.6) is 0 Å². The van der Waals surface area contributed by atoms with Crippen molar-refractivity contribution in [1.29, 1.82) is 0 Å². The molecule has 0 aliphatic carbocycles. The van der Waals surface area contributed by atoms with Crippen LogP contribution in [-0.4, -0.2) is 37.2 Å². The molecule has 6 nitrogen and oxygen atoms in total. The fourth-order valence-electron chi connectivity index (χ4n) is 6.59. The Morgan fingerprint density at radius 2 is 0.600 bits per heavy atom. The zero-order valence-corrected chi connectivity index (χ0v) is 41.7. The van der Waals surface area contributed by atoms with Gasteiger partial charge in [-0.15, -0.1) is 0 Å². The largest absolute Gasteiger partial charge is 0.462 e. The van der Waals surface area contributed by atoms with Crippen molar-refractivity contribution in [3.8, 4) is 0 Å². The lowest BCUT2D eigenvalue weighted by molar-refractivity contribution is -0.167. The van der Waals surface area contributed by atoms with Gasteiger partial charge in [0.2, 0.25) is 0 Å². The molecular weight excluding hydrogens is 805 g/mol. The highest BCUT2D eigenvalue weighted by molar-refractivity contribution is 5.71. The van der Waals surface area contributed by atoms with Crippen molar-refractivity contribution < 1.29 is 28.6 Å². The van der Waals surface area contributed by atoms with Crippen LogP contribution in [0.1, 0.15) is 213 Å². The van der Waals surface area contributed by atoms with E-state index in [0.717, 1.165) is 135 Å². The van der Waals surface area contributed by atoms with Crippen molar-refractivity contribution in [2.75, 3.05) is 13.2 Å². The van der Waals surface area contributed by atoms with Crippen molar-refractivity contribution in [2.45, 2.75) is 219 Å². The summed E-state index contributed by atoms with van der Waals surface area (Å²) in [6, 6.07) is 0. The first kappa shape index (κ1) is 60.8. The van der Waals surface area contributed by atoms with Gasteiger partial charge in [0.1, 0.15) is 13.2 Å². The number of hydrogen-bond donors (Lipinski definition) is 0. The van der Waals surface area contributed by atoms with E-state index in [2.05, 4.69) is 142 Å². The second-order valence-electron chi connectivity index (χ2n) is 16.7. The normalized spacial score (nSPS) is 13.1. The molecule has 0 aromatic carbocycles. The van der Waals surface area contributed by atoms with Gasteiger partial charge in [-0.05, 0) is 96.3 Å². The third kappa shape index (κ3) is 50.7. The molecule has 0 N–H and O–H groups in total. The van der Waals surface area contributed by atoms with Crippen molar-refractivity contribution in [1.82, 2.24) is 0 Å². The fourth-order valence-corrected chi connectivity index (χ4v) is 6.59. The van der Waals surface area contributed by atoms with Gasteiger partial charge in [-0.25, -0.2) is 0 Å². The molecular formula is C59H94O6. The second kappa shape index (κ2) is 52.4. The van der Waals surface area contributed by atoms with E-state index in [-0.39, 0.29) is 31.1 Å². The van der Waals surface area contributed by atoms with Gasteiger partial charge in [-0.3, -0.25) is 14.4 Å². The Kier molecular flexibility index (Phi) is 49.1. The highest BCUT2D eigenvalue weighted by Crippen LogP contribution is 2.12. The lowest BCUT2D eigenvalue weighted by atomic mass is 10.1. The zero-order valence-electron chi connectivity index (χ0n) is 41.7. The number of allylic oxidation sites excluding steroid dienone is 20. The Labute approximate surface area is 399 Å². The number of hydrogen-bond acceptors (Lipinski definition) is 6. The van der Waals surface area contributed by atoms with E-state index >= 15 is 0 Å². The van der Waals surface area contributed by atoms with Gasteiger partial charge in [0.05, 0.1) is 0 Å². The Hall–Kier alpha value is -4.19. The summed E-state index contributed by atoms with van der Waals surface area (Å²) >= 11 is 0. The highest BCUT2D eigenvalue weighted by Gasteiger charge is 2.19. The van der Waals surface area contributed by atoms with Crippen molar-refractivity contribution in [3.63, 3.8) is 0 Å². The van der Waals surface area contributed by atoms with Gasteiger partial charge in [0.15, 0.2) is 6.10 Å². The molecule has 366 valence electrons. The van der Waals surface area contributed by atoms with Crippen LogP contribution in [0.15, 0.2) is 122 Å². The van der Waals surface area contributed by atoms with Gasteiger partial charge >= 0.3 is 17.9 Å². The van der Waals surface area contributed by atoms with Crippen LogP contribution in [0, 0.1) is 0 Å². The minimum Gasteiger partial charge on any atom is -0.462 e. The van der Waals surface area contributed by atoms with Crippen LogP contribution < -0.4 is 0 Å². The van der Waals surface area contributed by atoms with E-state index in [1.165, 1.54) is 38.5 Å². The highest BCUT2D eigenvalue weighted by atomic mass is 16.6. The molecule has 0 amide bonds. The molecule has 0 fully saturated rings. The number of ether oxygens (including phenoxy) is 3. The summed E-state index contributed by atoms with van der Waals surface area (Å²) in [7, 11) is 0. The van der Waals surface area contributed by atoms with E-state index in [9.17, 15) is 14.4 Å². The summed E-state index contributed by atoms with van der Waals surface area (Å²) < 4.78 is 16.5. The molecule has 0 heterocycles. The summed E-state index contributed by atoms with van der Waals surface area (Å²) in [5.41, 5.74) is 0. The minimum absolute atomic E-state index is 0.0876. The number of carbonyl (C=O) groups is 3. The first-order chi connectivity index (χ1) is 32.0. The average molecular weight is 899 g/mol. The Bertz CT molecular complexity index is 1400. The van der Waals surface area contributed by atoms with Gasteiger partial charge in [-0.2, -0.15) is 0 Å². The van der Waals surface area contributed by atoms with Crippen molar-refractivity contribution in [2.24, 2.45) is 0 Å². The van der Waals surface area contributed by atoms with Gasteiger partial charge < -0.3 is 14.2 Å². The summed E-state index contributed by atoms with van der Waals surface area (Å²) in [5, 5.41) is 0. The van der Waals surface area contributed by atoms with E-state index in [1.807, 2.05) is 0 Å². The molecule has 6 heteroatoms. The number of rotatable bonds is 45. The van der Waals surface area contributed by atoms with Crippen LogP contribution in [0.4, 0.5) is 0 Å². The minimum atomic E-state index is -0.781. The maximum atomic E-state index is 12.5. The molecule has 0 rings (SSSR count). The zero-order chi connectivity index (χ0) is 47.2. The monoisotopic (exact) mass is 899 g/mol. The lowest BCUT2D eigenvalue weighted by Crippen LogP contribution is -2.30. The maximum absolute atomic E-state index is 12.5. The van der Waals surface area contributed by atoms with Gasteiger partial charge in [0, 0.05) is 19.3 Å². The summed E-state index contributed by atoms with van der Waals surface area (Å²) in [5.74, 6) is -0.944. The van der Waals surface area contributed by atoms with E-state index < -0.39 is 6.10 Å². The molecule has 1 unspecified atom stereocenters. The molecule has 0 aliphatic heterocycles. The van der Waals surface area contributed by atoms with Gasteiger partial charge in [-0.1, -0.05) is 219 Å². The molecule has 0 radical (unpaired) electrons.